The molecule has 4 nitrogen and oxygen atoms in total. The van der Waals surface area contributed by atoms with Crippen LogP contribution in [0.2, 0.25) is 0 Å². The van der Waals surface area contributed by atoms with E-state index in [0.717, 1.165) is 11.1 Å². The predicted molar refractivity (Wildman–Crippen MR) is 82.5 cm³/mol. The molecule has 2 aromatic rings. The van der Waals surface area contributed by atoms with Gasteiger partial charge in [-0.25, -0.2) is 4.79 Å². The molecule has 0 spiro atoms. The highest BCUT2D eigenvalue weighted by molar-refractivity contribution is 5.92. The first-order valence-electron chi connectivity index (χ1n) is 7.25. The van der Waals surface area contributed by atoms with Gasteiger partial charge in [-0.2, -0.15) is 0 Å². The summed E-state index contributed by atoms with van der Waals surface area (Å²) in [6, 6.07) is 18.8. The standard InChI is InChI=1S/C18H17NO3/c20-16(11-13-7-3-1-4-8-13)19-18(17(21)22)12-15(18)14-9-5-2-6-10-14/h1-10,15H,11-12H2,(H,19,20)(H,21,22). The molecule has 3 rings (SSSR count). The number of carboxylic acid groups (broad SMARTS) is 1. The van der Waals surface area contributed by atoms with E-state index in [1.807, 2.05) is 60.7 Å². The molecule has 2 unspecified atom stereocenters. The topological polar surface area (TPSA) is 66.4 Å². The van der Waals surface area contributed by atoms with Crippen molar-refractivity contribution in [1.82, 2.24) is 5.32 Å². The van der Waals surface area contributed by atoms with E-state index in [4.69, 9.17) is 0 Å². The van der Waals surface area contributed by atoms with Crippen LogP contribution in [0.1, 0.15) is 23.5 Å². The minimum Gasteiger partial charge on any atom is -0.479 e. The summed E-state index contributed by atoms with van der Waals surface area (Å²) >= 11 is 0. The summed E-state index contributed by atoms with van der Waals surface area (Å²) < 4.78 is 0. The zero-order chi connectivity index (χ0) is 15.6. The highest BCUT2D eigenvalue weighted by atomic mass is 16.4. The third kappa shape index (κ3) is 2.72. The van der Waals surface area contributed by atoms with Crippen LogP contribution in [-0.2, 0) is 16.0 Å². The second-order valence-corrected chi connectivity index (χ2v) is 5.65. The predicted octanol–water partition coefficient (Wildman–Crippen LogP) is 2.36. The number of carbonyl (C=O) groups is 2. The summed E-state index contributed by atoms with van der Waals surface area (Å²) in [5.41, 5.74) is 0.662. The van der Waals surface area contributed by atoms with Gasteiger partial charge in [-0.3, -0.25) is 4.79 Å². The normalized spacial score (nSPS) is 22.8. The number of aliphatic carboxylic acids is 1. The van der Waals surface area contributed by atoms with Gasteiger partial charge in [0, 0.05) is 5.92 Å². The third-order valence-corrected chi connectivity index (χ3v) is 4.11. The average molecular weight is 295 g/mol. The van der Waals surface area contributed by atoms with E-state index in [2.05, 4.69) is 5.32 Å². The van der Waals surface area contributed by atoms with Crippen LogP contribution in [0.3, 0.4) is 0 Å². The van der Waals surface area contributed by atoms with Gasteiger partial charge in [0.15, 0.2) is 0 Å². The molecule has 1 saturated carbocycles. The molecule has 0 saturated heterocycles. The van der Waals surface area contributed by atoms with Gasteiger partial charge in [0.25, 0.3) is 0 Å². The zero-order valence-electron chi connectivity index (χ0n) is 12.0. The van der Waals surface area contributed by atoms with Crippen molar-refractivity contribution in [2.45, 2.75) is 24.3 Å². The number of hydrogen-bond acceptors (Lipinski definition) is 2. The summed E-state index contributed by atoms with van der Waals surface area (Å²) in [4.78, 5) is 23.8. The Kier molecular flexibility index (Phi) is 3.67. The molecule has 2 N–H and O–H groups in total. The average Bonchev–Trinajstić information content (AvgIpc) is 3.25. The fourth-order valence-electron chi connectivity index (χ4n) is 2.85. The maximum atomic E-state index is 12.2. The Morgan fingerprint density at radius 1 is 1.05 bits per heavy atom. The van der Waals surface area contributed by atoms with Gasteiger partial charge in [-0.1, -0.05) is 60.7 Å². The molecule has 0 aliphatic heterocycles. The van der Waals surface area contributed by atoms with Gasteiger partial charge in [0.1, 0.15) is 5.54 Å². The van der Waals surface area contributed by atoms with Gasteiger partial charge in [-0.05, 0) is 17.5 Å². The van der Waals surface area contributed by atoms with Gasteiger partial charge in [0.05, 0.1) is 6.42 Å². The van der Waals surface area contributed by atoms with Crippen LogP contribution in [-0.4, -0.2) is 22.5 Å². The molecule has 1 aliphatic carbocycles. The minimum absolute atomic E-state index is 0.161. The van der Waals surface area contributed by atoms with Crippen LogP contribution < -0.4 is 5.32 Å². The molecule has 0 bridgehead atoms. The monoisotopic (exact) mass is 295 g/mol. The highest BCUT2D eigenvalue weighted by Crippen LogP contribution is 2.51. The number of rotatable bonds is 5. The lowest BCUT2D eigenvalue weighted by Gasteiger charge is -2.15. The summed E-state index contributed by atoms with van der Waals surface area (Å²) in [7, 11) is 0. The SMILES string of the molecule is O=C(Cc1ccccc1)NC1(C(=O)O)CC1c1ccccc1. The van der Waals surface area contributed by atoms with Crippen LogP contribution in [0.15, 0.2) is 60.7 Å². The highest BCUT2D eigenvalue weighted by Gasteiger charge is 2.62. The minimum atomic E-state index is -1.16. The van der Waals surface area contributed by atoms with Crippen molar-refractivity contribution < 1.29 is 14.7 Å². The molecule has 22 heavy (non-hydrogen) atoms. The smallest absolute Gasteiger partial charge is 0.330 e. The molecule has 1 aliphatic rings. The summed E-state index contributed by atoms with van der Waals surface area (Å²) in [5.74, 6) is -1.39. The van der Waals surface area contributed by atoms with Crippen molar-refractivity contribution in [3.8, 4) is 0 Å². The first-order valence-corrected chi connectivity index (χ1v) is 7.25. The quantitative estimate of drug-likeness (QED) is 0.890. The molecule has 0 heterocycles. The summed E-state index contributed by atoms with van der Waals surface area (Å²) in [6.07, 6.45) is 0.629. The van der Waals surface area contributed by atoms with Crippen LogP contribution in [0.5, 0.6) is 0 Å². The van der Waals surface area contributed by atoms with Gasteiger partial charge < -0.3 is 10.4 Å². The van der Waals surface area contributed by atoms with Crippen molar-refractivity contribution in [3.63, 3.8) is 0 Å². The Morgan fingerprint density at radius 2 is 1.64 bits per heavy atom. The van der Waals surface area contributed by atoms with Gasteiger partial charge >= 0.3 is 5.97 Å². The van der Waals surface area contributed by atoms with Gasteiger partial charge in [-0.15, -0.1) is 0 Å². The largest absolute Gasteiger partial charge is 0.479 e. The van der Waals surface area contributed by atoms with Crippen molar-refractivity contribution in [3.05, 3.63) is 71.8 Å². The molecule has 2 aromatic carbocycles. The van der Waals surface area contributed by atoms with Crippen LogP contribution >= 0.6 is 0 Å². The molecule has 112 valence electrons. The van der Waals surface area contributed by atoms with Crippen molar-refractivity contribution in [2.75, 3.05) is 0 Å². The number of benzene rings is 2. The Balaban J connectivity index is 1.72. The lowest BCUT2D eigenvalue weighted by Crippen LogP contribution is -2.45. The molecule has 4 heteroatoms. The molecular formula is C18H17NO3. The van der Waals surface area contributed by atoms with E-state index in [0.29, 0.717) is 6.42 Å². The molecule has 1 fully saturated rings. The lowest BCUT2D eigenvalue weighted by atomic mass is 10.1. The number of hydrogen-bond donors (Lipinski definition) is 2. The van der Waals surface area contributed by atoms with E-state index in [9.17, 15) is 14.7 Å². The Hall–Kier alpha value is -2.62. The first kappa shape index (κ1) is 14.3. The van der Waals surface area contributed by atoms with Crippen LogP contribution in [0.25, 0.3) is 0 Å². The molecule has 0 radical (unpaired) electrons. The van der Waals surface area contributed by atoms with Gasteiger partial charge in [0.2, 0.25) is 5.91 Å². The Labute approximate surface area is 128 Å². The summed E-state index contributed by atoms with van der Waals surface area (Å²) in [6.45, 7) is 0. The van der Waals surface area contributed by atoms with E-state index in [1.165, 1.54) is 0 Å². The maximum Gasteiger partial charge on any atom is 0.330 e. The molecule has 2 atom stereocenters. The maximum absolute atomic E-state index is 12.2. The first-order chi connectivity index (χ1) is 10.6. The number of nitrogens with one attached hydrogen (secondary N) is 1. The van der Waals surface area contributed by atoms with Crippen LogP contribution in [0.4, 0.5) is 0 Å². The van der Waals surface area contributed by atoms with Crippen LogP contribution in [0, 0.1) is 0 Å². The van der Waals surface area contributed by atoms with E-state index in [-0.39, 0.29) is 18.2 Å². The second-order valence-electron chi connectivity index (χ2n) is 5.65. The van der Waals surface area contributed by atoms with Crippen molar-refractivity contribution >= 4 is 11.9 Å². The summed E-state index contributed by atoms with van der Waals surface area (Å²) in [5, 5.41) is 12.3. The van der Waals surface area contributed by atoms with E-state index >= 15 is 0 Å². The number of carbonyl (C=O) groups excluding carboxylic acids is 1. The van der Waals surface area contributed by atoms with Crippen molar-refractivity contribution in [2.24, 2.45) is 0 Å². The molecular weight excluding hydrogens is 278 g/mol. The Morgan fingerprint density at radius 3 is 2.23 bits per heavy atom. The fraction of sp³-hybridized carbons (Fsp3) is 0.222. The van der Waals surface area contributed by atoms with E-state index in [1.54, 1.807) is 0 Å². The second kappa shape index (κ2) is 5.64. The van der Waals surface area contributed by atoms with E-state index < -0.39 is 11.5 Å². The zero-order valence-corrected chi connectivity index (χ0v) is 12.0. The number of carboxylic acids is 1. The Bertz CT molecular complexity index is 684. The van der Waals surface area contributed by atoms with Crippen molar-refractivity contribution in [1.29, 1.82) is 0 Å². The fourth-order valence-corrected chi connectivity index (χ4v) is 2.85. The third-order valence-electron chi connectivity index (χ3n) is 4.11. The molecule has 0 aromatic heterocycles. The lowest BCUT2D eigenvalue weighted by molar-refractivity contribution is -0.143. The number of amides is 1. The molecule has 1 amide bonds.